The number of aromatic nitrogens is 2. The maximum Gasteiger partial charge on any atom is 0.227 e. The van der Waals surface area contributed by atoms with E-state index in [2.05, 4.69) is 0 Å². The molecule has 1 aromatic heterocycles. The molecule has 7 heteroatoms. The fraction of sp³-hybridized carbons (Fsp3) is 0.286. The molecule has 0 saturated carbocycles. The zero-order chi connectivity index (χ0) is 24.4. The highest BCUT2D eigenvalue weighted by molar-refractivity contribution is 5.96. The van der Waals surface area contributed by atoms with Crippen LogP contribution in [0, 0.1) is 6.92 Å². The summed E-state index contributed by atoms with van der Waals surface area (Å²) in [6.45, 7) is 3.03. The minimum absolute atomic E-state index is 0.0575. The molecule has 35 heavy (non-hydrogen) atoms. The minimum Gasteiger partial charge on any atom is -0.497 e. The lowest BCUT2D eigenvalue weighted by molar-refractivity contribution is -0.117. The van der Waals surface area contributed by atoms with Crippen LogP contribution in [0.4, 0.5) is 5.69 Å². The molecule has 2 heterocycles. The van der Waals surface area contributed by atoms with E-state index in [1.807, 2.05) is 84.3 Å². The average Bonchev–Trinajstić information content (AvgIpc) is 3.43. The fourth-order valence-electron chi connectivity index (χ4n) is 4.65. The number of imidazole rings is 1. The molecule has 0 aliphatic carbocycles. The number of carbonyl (C=O) groups excluding carboxylic acids is 1. The van der Waals surface area contributed by atoms with Crippen LogP contribution in [0.25, 0.3) is 11.0 Å². The Bertz CT molecular complexity index is 1330. The first kappa shape index (κ1) is 22.9. The van der Waals surface area contributed by atoms with Gasteiger partial charge in [0.05, 0.1) is 24.7 Å². The Morgan fingerprint density at radius 3 is 2.63 bits per heavy atom. The van der Waals surface area contributed by atoms with E-state index in [9.17, 15) is 9.90 Å². The number of carbonyl (C=O) groups is 1. The summed E-state index contributed by atoms with van der Waals surface area (Å²) in [5, 5.41) is 10.8. The lowest BCUT2D eigenvalue weighted by Crippen LogP contribution is -2.26. The number of fused-ring (bicyclic) bond motifs is 1. The third kappa shape index (κ3) is 4.86. The SMILES string of the molecule is COc1ccc(N2C[C@@H](c3nc4ccccc4n3C[C@H](O)COc3cccc(C)c3)CC2=O)cc1. The summed E-state index contributed by atoms with van der Waals surface area (Å²) in [6, 6.07) is 23.1. The number of ether oxygens (including phenoxy) is 2. The van der Waals surface area contributed by atoms with Crippen LogP contribution in [0.2, 0.25) is 0 Å². The molecule has 3 aromatic carbocycles. The number of aliphatic hydroxyl groups is 1. The Hall–Kier alpha value is -3.84. The molecule has 1 saturated heterocycles. The second-order valence-corrected chi connectivity index (χ2v) is 8.95. The first-order valence-electron chi connectivity index (χ1n) is 11.8. The van der Waals surface area contributed by atoms with Gasteiger partial charge in [-0.1, -0.05) is 24.3 Å². The van der Waals surface area contributed by atoms with E-state index < -0.39 is 6.10 Å². The van der Waals surface area contributed by atoms with Gasteiger partial charge >= 0.3 is 0 Å². The van der Waals surface area contributed by atoms with Crippen molar-refractivity contribution in [1.29, 1.82) is 0 Å². The smallest absolute Gasteiger partial charge is 0.227 e. The Balaban J connectivity index is 1.37. The summed E-state index contributed by atoms with van der Waals surface area (Å²) in [6.07, 6.45) is -0.368. The monoisotopic (exact) mass is 471 g/mol. The van der Waals surface area contributed by atoms with Gasteiger partial charge in [-0.05, 0) is 61.0 Å². The zero-order valence-corrected chi connectivity index (χ0v) is 19.9. The third-order valence-corrected chi connectivity index (χ3v) is 6.38. The first-order chi connectivity index (χ1) is 17.0. The molecule has 2 atom stereocenters. The number of aryl methyl sites for hydroxylation is 1. The van der Waals surface area contributed by atoms with Gasteiger partial charge < -0.3 is 24.0 Å². The second-order valence-electron chi connectivity index (χ2n) is 8.95. The van der Waals surface area contributed by atoms with Crippen LogP contribution < -0.4 is 14.4 Å². The van der Waals surface area contributed by atoms with Crippen molar-refractivity contribution in [3.05, 3.63) is 84.2 Å². The number of aliphatic hydroxyl groups excluding tert-OH is 1. The Morgan fingerprint density at radius 1 is 1.06 bits per heavy atom. The van der Waals surface area contributed by atoms with E-state index in [1.54, 1.807) is 12.0 Å². The van der Waals surface area contributed by atoms with Gasteiger partial charge in [-0.3, -0.25) is 4.79 Å². The highest BCUT2D eigenvalue weighted by atomic mass is 16.5. The van der Waals surface area contributed by atoms with Crippen LogP contribution in [-0.4, -0.2) is 46.9 Å². The van der Waals surface area contributed by atoms with Crippen molar-refractivity contribution in [3.8, 4) is 11.5 Å². The van der Waals surface area contributed by atoms with Gasteiger partial charge in [-0.25, -0.2) is 4.98 Å². The van der Waals surface area contributed by atoms with Crippen LogP contribution in [-0.2, 0) is 11.3 Å². The molecule has 0 unspecified atom stereocenters. The van der Waals surface area contributed by atoms with Gasteiger partial charge in [0, 0.05) is 24.6 Å². The summed E-state index contributed by atoms with van der Waals surface area (Å²) in [4.78, 5) is 19.6. The molecule has 1 aliphatic heterocycles. The second kappa shape index (κ2) is 9.80. The number of benzene rings is 3. The number of hydrogen-bond donors (Lipinski definition) is 1. The van der Waals surface area contributed by atoms with Crippen LogP contribution >= 0.6 is 0 Å². The van der Waals surface area contributed by atoms with Crippen LogP contribution in [0.15, 0.2) is 72.8 Å². The van der Waals surface area contributed by atoms with Crippen LogP contribution in [0.5, 0.6) is 11.5 Å². The molecule has 0 radical (unpaired) electrons. The predicted octanol–water partition coefficient (Wildman–Crippen LogP) is 4.31. The van der Waals surface area contributed by atoms with E-state index in [4.69, 9.17) is 14.5 Å². The van der Waals surface area contributed by atoms with Crippen LogP contribution in [0.3, 0.4) is 0 Å². The summed E-state index contributed by atoms with van der Waals surface area (Å²) in [7, 11) is 1.62. The van der Waals surface area contributed by atoms with Crippen molar-refractivity contribution < 1.29 is 19.4 Å². The number of anilines is 1. The Morgan fingerprint density at radius 2 is 1.86 bits per heavy atom. The normalized spacial score (nSPS) is 16.6. The third-order valence-electron chi connectivity index (χ3n) is 6.38. The van der Waals surface area contributed by atoms with Gasteiger partial charge in [-0.2, -0.15) is 0 Å². The molecular weight excluding hydrogens is 442 g/mol. The molecule has 1 aliphatic rings. The maximum atomic E-state index is 12.9. The van der Waals surface area contributed by atoms with E-state index in [0.717, 1.165) is 39.6 Å². The first-order valence-corrected chi connectivity index (χ1v) is 11.8. The Kier molecular flexibility index (Phi) is 6.42. The lowest BCUT2D eigenvalue weighted by Gasteiger charge is -2.19. The van der Waals surface area contributed by atoms with Gasteiger partial charge in [0.2, 0.25) is 5.91 Å². The summed E-state index contributed by atoms with van der Waals surface area (Å²) in [5.74, 6) is 2.27. The minimum atomic E-state index is -0.735. The Labute approximate surface area is 204 Å². The van der Waals surface area contributed by atoms with Gasteiger partial charge in [-0.15, -0.1) is 0 Å². The number of nitrogens with zero attached hydrogens (tertiary/aromatic N) is 3. The van der Waals surface area contributed by atoms with Gasteiger partial charge in [0.1, 0.15) is 30.0 Å². The lowest BCUT2D eigenvalue weighted by atomic mass is 10.1. The van der Waals surface area contributed by atoms with Crippen molar-refractivity contribution in [2.45, 2.75) is 31.9 Å². The van der Waals surface area contributed by atoms with Crippen molar-refractivity contribution >= 4 is 22.6 Å². The molecule has 180 valence electrons. The highest BCUT2D eigenvalue weighted by Crippen LogP contribution is 2.34. The van der Waals surface area contributed by atoms with Crippen LogP contribution in [0.1, 0.15) is 23.7 Å². The van der Waals surface area contributed by atoms with Crippen molar-refractivity contribution in [1.82, 2.24) is 9.55 Å². The van der Waals surface area contributed by atoms with Crippen molar-refractivity contribution in [2.24, 2.45) is 0 Å². The summed E-state index contributed by atoms with van der Waals surface area (Å²) < 4.78 is 13.1. The number of hydrogen-bond acceptors (Lipinski definition) is 5. The van der Waals surface area contributed by atoms with E-state index in [1.165, 1.54) is 0 Å². The number of rotatable bonds is 8. The fourth-order valence-corrected chi connectivity index (χ4v) is 4.65. The highest BCUT2D eigenvalue weighted by Gasteiger charge is 2.35. The molecule has 5 rings (SSSR count). The van der Waals surface area contributed by atoms with Gasteiger partial charge in [0.25, 0.3) is 0 Å². The van der Waals surface area contributed by atoms with E-state index in [-0.39, 0.29) is 18.4 Å². The van der Waals surface area contributed by atoms with E-state index in [0.29, 0.717) is 19.5 Å². The largest absolute Gasteiger partial charge is 0.497 e. The topological polar surface area (TPSA) is 76.8 Å². The molecule has 1 amide bonds. The number of methoxy groups -OCH3 is 1. The molecule has 4 aromatic rings. The summed E-state index contributed by atoms with van der Waals surface area (Å²) >= 11 is 0. The molecule has 7 nitrogen and oxygen atoms in total. The predicted molar refractivity (Wildman–Crippen MR) is 135 cm³/mol. The average molecular weight is 472 g/mol. The molecule has 0 spiro atoms. The van der Waals surface area contributed by atoms with Crippen molar-refractivity contribution in [3.63, 3.8) is 0 Å². The maximum absolute atomic E-state index is 12.9. The summed E-state index contributed by atoms with van der Waals surface area (Å²) in [5.41, 5.74) is 3.73. The molecular formula is C28H29N3O4. The number of para-hydroxylation sites is 2. The molecule has 1 N–H and O–H groups in total. The number of amides is 1. The molecule has 1 fully saturated rings. The molecule has 0 bridgehead atoms. The van der Waals surface area contributed by atoms with Crippen molar-refractivity contribution in [2.75, 3.05) is 25.2 Å². The quantitative estimate of drug-likeness (QED) is 0.414. The standard InChI is InChI=1S/C28H29N3O4/c1-19-6-5-7-24(14-19)35-18-22(32)17-31-26-9-4-3-8-25(26)29-28(31)20-15-27(33)30(16-20)21-10-12-23(34-2)13-11-21/h3-14,20,22,32H,15-18H2,1-2H3/t20-,22-/m0/s1. The van der Waals surface area contributed by atoms with E-state index >= 15 is 0 Å². The van der Waals surface area contributed by atoms with Gasteiger partial charge in [0.15, 0.2) is 0 Å². The zero-order valence-electron chi connectivity index (χ0n) is 19.9.